The van der Waals surface area contributed by atoms with E-state index in [2.05, 4.69) is 15.6 Å². The molecule has 1 aromatic heterocycles. The average Bonchev–Trinajstić information content (AvgIpc) is 2.42. The van der Waals surface area contributed by atoms with Crippen LogP contribution in [-0.2, 0) is 4.79 Å². The largest absolute Gasteiger partial charge is 0.361 e. The zero-order chi connectivity index (χ0) is 12.8. The van der Waals surface area contributed by atoms with E-state index in [-0.39, 0.29) is 12.5 Å². The van der Waals surface area contributed by atoms with Gasteiger partial charge in [-0.05, 0) is 24.6 Å². The molecule has 18 heavy (non-hydrogen) atoms. The Balaban J connectivity index is 1.97. The van der Waals surface area contributed by atoms with Crippen LogP contribution in [0.1, 0.15) is 13.3 Å². The van der Waals surface area contributed by atoms with E-state index in [9.17, 15) is 4.79 Å². The molecule has 4 nitrogen and oxygen atoms in total. The van der Waals surface area contributed by atoms with Gasteiger partial charge < -0.3 is 10.6 Å². The third-order valence-corrected chi connectivity index (χ3v) is 2.60. The number of aromatic nitrogens is 1. The minimum absolute atomic E-state index is 0.00758. The summed E-state index contributed by atoms with van der Waals surface area (Å²) in [6.07, 6.45) is 0.944. The van der Waals surface area contributed by atoms with E-state index >= 15 is 0 Å². The highest BCUT2D eigenvalue weighted by Gasteiger charge is 2.01. The maximum Gasteiger partial charge on any atom is 0.239 e. The van der Waals surface area contributed by atoms with Crippen molar-refractivity contribution in [2.75, 3.05) is 18.4 Å². The molecule has 1 heterocycles. The van der Waals surface area contributed by atoms with Gasteiger partial charge in [0.1, 0.15) is 5.82 Å². The summed E-state index contributed by atoms with van der Waals surface area (Å²) in [5, 5.41) is 6.93. The number of rotatable bonds is 5. The lowest BCUT2D eigenvalue weighted by atomic mass is 10.2. The second-order valence-electron chi connectivity index (χ2n) is 4.09. The third-order valence-electron chi connectivity index (χ3n) is 2.60. The molecule has 0 unspecified atom stereocenters. The first kappa shape index (κ1) is 12.4. The molecule has 2 N–H and O–H groups in total. The van der Waals surface area contributed by atoms with Gasteiger partial charge in [-0.3, -0.25) is 4.79 Å². The van der Waals surface area contributed by atoms with Crippen molar-refractivity contribution >= 4 is 22.6 Å². The first-order valence-corrected chi connectivity index (χ1v) is 6.16. The van der Waals surface area contributed by atoms with Gasteiger partial charge in [0, 0.05) is 11.9 Å². The van der Waals surface area contributed by atoms with Crippen molar-refractivity contribution in [2.24, 2.45) is 0 Å². The first-order chi connectivity index (χ1) is 8.79. The number of carbonyl (C=O) groups excluding carboxylic acids is 1. The molecule has 0 saturated heterocycles. The van der Waals surface area contributed by atoms with Gasteiger partial charge >= 0.3 is 0 Å². The Morgan fingerprint density at radius 2 is 2.06 bits per heavy atom. The zero-order valence-electron chi connectivity index (χ0n) is 10.4. The van der Waals surface area contributed by atoms with Gasteiger partial charge in [-0.1, -0.05) is 25.1 Å². The van der Waals surface area contributed by atoms with Crippen LogP contribution in [0, 0.1) is 0 Å². The summed E-state index contributed by atoms with van der Waals surface area (Å²) in [6.45, 7) is 3.00. The second kappa shape index (κ2) is 6.00. The fraction of sp³-hybridized carbons (Fsp3) is 0.286. The van der Waals surface area contributed by atoms with Crippen LogP contribution in [0.2, 0.25) is 0 Å². The summed E-state index contributed by atoms with van der Waals surface area (Å²) in [7, 11) is 0. The smallest absolute Gasteiger partial charge is 0.239 e. The fourth-order valence-corrected chi connectivity index (χ4v) is 1.66. The molecule has 0 aliphatic rings. The van der Waals surface area contributed by atoms with Gasteiger partial charge in [0.2, 0.25) is 5.91 Å². The van der Waals surface area contributed by atoms with Crippen molar-refractivity contribution < 1.29 is 4.79 Å². The van der Waals surface area contributed by atoms with Crippen LogP contribution >= 0.6 is 0 Å². The van der Waals surface area contributed by atoms with Crippen LogP contribution in [0.15, 0.2) is 36.4 Å². The van der Waals surface area contributed by atoms with E-state index in [1.165, 1.54) is 0 Å². The van der Waals surface area contributed by atoms with E-state index in [4.69, 9.17) is 0 Å². The SMILES string of the molecule is CCCNC(=O)CNc1ccc2ccccc2n1. The Kier molecular flexibility index (Phi) is 4.12. The first-order valence-electron chi connectivity index (χ1n) is 6.16. The van der Waals surface area contributed by atoms with Gasteiger partial charge in [0.15, 0.2) is 0 Å². The molecule has 2 rings (SSSR count). The van der Waals surface area contributed by atoms with Gasteiger partial charge in [0.05, 0.1) is 12.1 Å². The van der Waals surface area contributed by atoms with Crippen molar-refractivity contribution in [3.8, 4) is 0 Å². The summed E-state index contributed by atoms with van der Waals surface area (Å²) in [5.41, 5.74) is 0.927. The number of hydrogen-bond donors (Lipinski definition) is 2. The van der Waals surface area contributed by atoms with Gasteiger partial charge in [-0.25, -0.2) is 4.98 Å². The normalized spacial score (nSPS) is 10.3. The number of pyridine rings is 1. The molecule has 0 spiro atoms. The van der Waals surface area contributed by atoms with E-state index in [0.29, 0.717) is 6.54 Å². The van der Waals surface area contributed by atoms with Crippen LogP contribution < -0.4 is 10.6 Å². The number of anilines is 1. The summed E-state index contributed by atoms with van der Waals surface area (Å²) in [5.74, 6) is 0.715. The quantitative estimate of drug-likeness (QED) is 0.846. The standard InChI is InChI=1S/C14H17N3O/c1-2-9-15-14(18)10-16-13-8-7-11-5-3-4-6-12(11)17-13/h3-8H,2,9-10H2,1H3,(H,15,18)(H,16,17). The average molecular weight is 243 g/mol. The second-order valence-corrected chi connectivity index (χ2v) is 4.09. The number of carbonyl (C=O) groups is 1. The Morgan fingerprint density at radius 1 is 1.22 bits per heavy atom. The lowest BCUT2D eigenvalue weighted by Gasteiger charge is -2.07. The molecule has 0 saturated carbocycles. The number of nitrogens with zero attached hydrogens (tertiary/aromatic N) is 1. The molecule has 0 bridgehead atoms. The van der Waals surface area contributed by atoms with Crippen molar-refractivity contribution in [3.63, 3.8) is 0 Å². The predicted octanol–water partition coefficient (Wildman–Crippen LogP) is 2.17. The molecular weight excluding hydrogens is 226 g/mol. The lowest BCUT2D eigenvalue weighted by molar-refractivity contribution is -0.119. The number of hydrogen-bond acceptors (Lipinski definition) is 3. The van der Waals surface area contributed by atoms with Gasteiger partial charge in [-0.15, -0.1) is 0 Å². The van der Waals surface area contributed by atoms with Crippen molar-refractivity contribution in [3.05, 3.63) is 36.4 Å². The van der Waals surface area contributed by atoms with E-state index in [0.717, 1.165) is 23.1 Å². The van der Waals surface area contributed by atoms with Crippen LogP contribution in [0.4, 0.5) is 5.82 Å². The highest BCUT2D eigenvalue weighted by atomic mass is 16.1. The van der Waals surface area contributed by atoms with Crippen LogP contribution in [0.5, 0.6) is 0 Å². The van der Waals surface area contributed by atoms with E-state index < -0.39 is 0 Å². The summed E-state index contributed by atoms with van der Waals surface area (Å²) < 4.78 is 0. The lowest BCUT2D eigenvalue weighted by Crippen LogP contribution is -2.30. The van der Waals surface area contributed by atoms with Crippen molar-refractivity contribution in [1.29, 1.82) is 0 Å². The van der Waals surface area contributed by atoms with Gasteiger partial charge in [-0.2, -0.15) is 0 Å². The number of fused-ring (bicyclic) bond motifs is 1. The molecule has 0 atom stereocenters. The number of benzene rings is 1. The molecule has 0 fully saturated rings. The van der Waals surface area contributed by atoms with Crippen molar-refractivity contribution in [2.45, 2.75) is 13.3 Å². The third kappa shape index (κ3) is 3.20. The van der Waals surface area contributed by atoms with Crippen LogP contribution in [-0.4, -0.2) is 24.0 Å². The minimum Gasteiger partial charge on any atom is -0.361 e. The van der Waals surface area contributed by atoms with Crippen molar-refractivity contribution in [1.82, 2.24) is 10.3 Å². The molecular formula is C14H17N3O. The molecule has 0 aliphatic heterocycles. The van der Waals surface area contributed by atoms with Gasteiger partial charge in [0.25, 0.3) is 0 Å². The Bertz CT molecular complexity index is 539. The molecule has 0 radical (unpaired) electrons. The zero-order valence-corrected chi connectivity index (χ0v) is 10.4. The summed E-state index contributed by atoms with van der Waals surface area (Å²) in [6, 6.07) is 11.8. The summed E-state index contributed by atoms with van der Waals surface area (Å²) in [4.78, 5) is 15.9. The molecule has 0 aliphatic carbocycles. The van der Waals surface area contributed by atoms with E-state index in [1.54, 1.807) is 0 Å². The summed E-state index contributed by atoms with van der Waals surface area (Å²) >= 11 is 0. The number of amides is 1. The van der Waals surface area contributed by atoms with Crippen LogP contribution in [0.25, 0.3) is 10.9 Å². The molecule has 1 amide bonds. The maximum absolute atomic E-state index is 11.4. The molecule has 1 aromatic carbocycles. The highest BCUT2D eigenvalue weighted by molar-refractivity contribution is 5.82. The molecule has 2 aromatic rings. The highest BCUT2D eigenvalue weighted by Crippen LogP contribution is 2.13. The number of para-hydroxylation sites is 1. The maximum atomic E-state index is 11.4. The Labute approximate surface area is 106 Å². The van der Waals surface area contributed by atoms with Crippen LogP contribution in [0.3, 0.4) is 0 Å². The monoisotopic (exact) mass is 243 g/mol. The minimum atomic E-state index is -0.00758. The molecule has 4 heteroatoms. The molecule has 94 valence electrons. The number of nitrogens with one attached hydrogen (secondary N) is 2. The predicted molar refractivity (Wildman–Crippen MR) is 73.5 cm³/mol. The fourth-order valence-electron chi connectivity index (χ4n) is 1.66. The Hall–Kier alpha value is -2.10. The topological polar surface area (TPSA) is 54.0 Å². The Morgan fingerprint density at radius 3 is 2.89 bits per heavy atom. The van der Waals surface area contributed by atoms with E-state index in [1.807, 2.05) is 43.3 Å².